The van der Waals surface area contributed by atoms with E-state index in [0.717, 1.165) is 12.1 Å². The molecule has 0 atom stereocenters. The van der Waals surface area contributed by atoms with E-state index in [1.54, 1.807) is 24.3 Å². The van der Waals surface area contributed by atoms with E-state index in [9.17, 15) is 21.2 Å². The highest BCUT2D eigenvalue weighted by molar-refractivity contribution is 7.92. The van der Waals surface area contributed by atoms with Gasteiger partial charge in [-0.1, -0.05) is 23.7 Å². The molecule has 0 spiro atoms. The maximum Gasteiger partial charge on any atom is 0.261 e. The second-order valence-electron chi connectivity index (χ2n) is 6.12. The first-order chi connectivity index (χ1) is 13.6. The maximum atomic E-state index is 12.9. The second kappa shape index (κ2) is 8.40. The topological polar surface area (TPSA) is 92.3 Å². The van der Waals surface area contributed by atoms with Crippen LogP contribution in [0.2, 0.25) is 5.02 Å². The first-order valence-corrected chi connectivity index (χ1v) is 11.8. The van der Waals surface area contributed by atoms with Crippen molar-refractivity contribution in [1.82, 2.24) is 0 Å². The number of sulfonamides is 2. The third kappa shape index (κ3) is 5.93. The van der Waals surface area contributed by atoms with E-state index >= 15 is 0 Å². The third-order valence-electron chi connectivity index (χ3n) is 3.80. The van der Waals surface area contributed by atoms with Crippen LogP contribution in [0.25, 0.3) is 0 Å². The fourth-order valence-electron chi connectivity index (χ4n) is 2.45. The van der Waals surface area contributed by atoms with Gasteiger partial charge < -0.3 is 0 Å². The van der Waals surface area contributed by atoms with Crippen LogP contribution in [0, 0.1) is 5.82 Å². The average Bonchev–Trinajstić information content (AvgIpc) is 2.65. The molecule has 2 N–H and O–H groups in total. The molecule has 29 heavy (non-hydrogen) atoms. The molecule has 3 aromatic carbocycles. The van der Waals surface area contributed by atoms with Crippen LogP contribution in [-0.4, -0.2) is 16.8 Å². The number of anilines is 2. The van der Waals surface area contributed by atoms with Crippen molar-refractivity contribution in [3.63, 3.8) is 0 Å². The van der Waals surface area contributed by atoms with E-state index in [1.165, 1.54) is 36.4 Å². The van der Waals surface area contributed by atoms with Gasteiger partial charge in [-0.05, 0) is 66.2 Å². The van der Waals surface area contributed by atoms with Crippen molar-refractivity contribution in [2.24, 2.45) is 0 Å². The molecule has 0 amide bonds. The zero-order chi connectivity index (χ0) is 21.1. The minimum absolute atomic E-state index is 0.0672. The van der Waals surface area contributed by atoms with Gasteiger partial charge in [0.15, 0.2) is 0 Å². The lowest BCUT2D eigenvalue weighted by molar-refractivity contribution is 0.599. The van der Waals surface area contributed by atoms with Crippen molar-refractivity contribution >= 4 is 43.0 Å². The van der Waals surface area contributed by atoms with Crippen LogP contribution < -0.4 is 9.44 Å². The quantitative estimate of drug-likeness (QED) is 0.559. The molecular weight excluding hydrogens is 439 g/mol. The van der Waals surface area contributed by atoms with Gasteiger partial charge in [0.25, 0.3) is 10.0 Å². The van der Waals surface area contributed by atoms with E-state index in [-0.39, 0.29) is 22.0 Å². The van der Waals surface area contributed by atoms with E-state index in [4.69, 9.17) is 11.6 Å². The van der Waals surface area contributed by atoms with Crippen molar-refractivity contribution in [3.8, 4) is 0 Å². The molecule has 3 rings (SSSR count). The Morgan fingerprint density at radius 2 is 1.24 bits per heavy atom. The summed E-state index contributed by atoms with van der Waals surface area (Å²) in [6.07, 6.45) is 0. The van der Waals surface area contributed by atoms with Gasteiger partial charge in [0, 0.05) is 16.4 Å². The van der Waals surface area contributed by atoms with Crippen LogP contribution in [0.5, 0.6) is 0 Å². The molecule has 0 unspecified atom stereocenters. The van der Waals surface area contributed by atoms with E-state index in [2.05, 4.69) is 9.44 Å². The van der Waals surface area contributed by atoms with E-state index in [0.29, 0.717) is 10.6 Å². The lowest BCUT2D eigenvalue weighted by Gasteiger charge is -2.11. The Bertz CT molecular complexity index is 1200. The highest BCUT2D eigenvalue weighted by atomic mass is 35.5. The van der Waals surface area contributed by atoms with Gasteiger partial charge in [0.05, 0.1) is 10.6 Å². The van der Waals surface area contributed by atoms with Crippen LogP contribution >= 0.6 is 11.6 Å². The molecule has 0 saturated heterocycles. The molecule has 0 heterocycles. The molecule has 0 aliphatic heterocycles. The van der Waals surface area contributed by atoms with Gasteiger partial charge >= 0.3 is 0 Å². The zero-order valence-corrected chi connectivity index (χ0v) is 17.2. The summed E-state index contributed by atoms with van der Waals surface area (Å²) in [6.45, 7) is 0. The molecule has 3 aromatic rings. The van der Waals surface area contributed by atoms with Crippen LogP contribution in [0.15, 0.2) is 77.7 Å². The molecule has 0 bridgehead atoms. The second-order valence-corrected chi connectivity index (χ2v) is 9.97. The van der Waals surface area contributed by atoms with Crippen molar-refractivity contribution in [2.45, 2.75) is 10.6 Å². The number of hydrogen-bond acceptors (Lipinski definition) is 4. The molecule has 10 heteroatoms. The number of benzene rings is 3. The Morgan fingerprint density at radius 1 is 0.724 bits per heavy atom. The van der Waals surface area contributed by atoms with Crippen molar-refractivity contribution in [1.29, 1.82) is 0 Å². The summed E-state index contributed by atoms with van der Waals surface area (Å²) in [5.74, 6) is -0.737. The van der Waals surface area contributed by atoms with Gasteiger partial charge in [-0.25, -0.2) is 21.2 Å². The molecule has 0 aromatic heterocycles. The highest BCUT2D eigenvalue weighted by Crippen LogP contribution is 2.20. The Hall–Kier alpha value is -2.62. The average molecular weight is 455 g/mol. The summed E-state index contributed by atoms with van der Waals surface area (Å²) in [6, 6.07) is 16.5. The fourth-order valence-corrected chi connectivity index (χ4v) is 4.83. The van der Waals surface area contributed by atoms with Crippen molar-refractivity contribution in [3.05, 3.63) is 89.2 Å². The van der Waals surface area contributed by atoms with Crippen LogP contribution in [0.3, 0.4) is 0 Å². The molecule has 0 aliphatic rings. The molecule has 0 fully saturated rings. The van der Waals surface area contributed by atoms with Gasteiger partial charge in [0.2, 0.25) is 10.0 Å². The Balaban J connectivity index is 1.70. The van der Waals surface area contributed by atoms with Gasteiger partial charge in [-0.15, -0.1) is 0 Å². The molecule has 6 nitrogen and oxygen atoms in total. The smallest absolute Gasteiger partial charge is 0.261 e. The Kier molecular flexibility index (Phi) is 6.11. The predicted molar refractivity (Wildman–Crippen MR) is 111 cm³/mol. The summed E-state index contributed by atoms with van der Waals surface area (Å²) in [5.41, 5.74) is 0.989. The highest BCUT2D eigenvalue weighted by Gasteiger charge is 2.16. The number of rotatable bonds is 7. The van der Waals surface area contributed by atoms with Gasteiger partial charge in [0.1, 0.15) is 5.82 Å². The zero-order valence-electron chi connectivity index (χ0n) is 14.8. The van der Waals surface area contributed by atoms with E-state index in [1.807, 2.05) is 0 Å². The number of nitrogens with one attached hydrogen (secondary N) is 2. The number of halogens is 2. The third-order valence-corrected chi connectivity index (χ3v) is 6.71. The van der Waals surface area contributed by atoms with Crippen molar-refractivity contribution in [2.75, 3.05) is 9.44 Å². The minimum atomic E-state index is -3.90. The monoisotopic (exact) mass is 454 g/mol. The number of hydrogen-bond donors (Lipinski definition) is 2. The van der Waals surface area contributed by atoms with Crippen molar-refractivity contribution < 1.29 is 21.2 Å². The van der Waals surface area contributed by atoms with Gasteiger partial charge in [-0.3, -0.25) is 9.44 Å². The molecule has 0 saturated carbocycles. The summed E-state index contributed by atoms with van der Waals surface area (Å²) >= 11 is 5.79. The van der Waals surface area contributed by atoms with Gasteiger partial charge in [-0.2, -0.15) is 0 Å². The molecular formula is C19H16ClFN2O4S2. The standard InChI is InChI=1S/C19H16ClFN2O4S2/c20-15-3-1-14(2-4-15)13-28(24,25)22-17-9-11-19(12-10-17)29(26,27)23-18-7-5-16(21)6-8-18/h1-12,22-23H,13H2. The Morgan fingerprint density at radius 3 is 1.83 bits per heavy atom. The maximum absolute atomic E-state index is 12.9. The predicted octanol–water partition coefficient (Wildman–Crippen LogP) is 4.22. The summed E-state index contributed by atoms with van der Waals surface area (Å²) in [4.78, 5) is -0.0672. The molecule has 0 aliphatic carbocycles. The first kappa shape index (κ1) is 21.1. The summed E-state index contributed by atoms with van der Waals surface area (Å²) < 4.78 is 67.1. The van der Waals surface area contributed by atoms with E-state index < -0.39 is 25.9 Å². The lowest BCUT2D eigenvalue weighted by atomic mass is 10.2. The van der Waals surface area contributed by atoms with Crippen LogP contribution in [0.4, 0.5) is 15.8 Å². The SMILES string of the molecule is O=S(=O)(Cc1ccc(Cl)cc1)Nc1ccc(S(=O)(=O)Nc2ccc(F)cc2)cc1. The Labute approximate surface area is 173 Å². The largest absolute Gasteiger partial charge is 0.283 e. The minimum Gasteiger partial charge on any atom is -0.283 e. The van der Waals surface area contributed by atoms with Crippen LogP contribution in [-0.2, 0) is 25.8 Å². The fraction of sp³-hybridized carbons (Fsp3) is 0.0526. The van der Waals surface area contributed by atoms with Crippen LogP contribution in [0.1, 0.15) is 5.56 Å². The lowest BCUT2D eigenvalue weighted by Crippen LogP contribution is -2.16. The molecule has 152 valence electrons. The normalized spacial score (nSPS) is 11.8. The molecule has 0 radical (unpaired) electrons. The summed E-state index contributed by atoms with van der Waals surface area (Å²) in [7, 11) is -7.60. The summed E-state index contributed by atoms with van der Waals surface area (Å²) in [5, 5.41) is 0.505. The first-order valence-electron chi connectivity index (χ1n) is 8.26.